The number of piperidine rings is 1. The molecule has 1 N–H and O–H groups in total. The monoisotopic (exact) mass is 297 g/mol. The van der Waals surface area contributed by atoms with Crippen LogP contribution in [0, 0.1) is 19.8 Å². The van der Waals surface area contributed by atoms with E-state index in [1.165, 1.54) is 18.5 Å². The summed E-state index contributed by atoms with van der Waals surface area (Å²) in [6.45, 7) is 7.17. The van der Waals surface area contributed by atoms with Crippen molar-refractivity contribution in [1.29, 1.82) is 0 Å². The summed E-state index contributed by atoms with van der Waals surface area (Å²) in [7, 11) is 0. The summed E-state index contributed by atoms with van der Waals surface area (Å²) in [5, 5.41) is 3.48. The summed E-state index contributed by atoms with van der Waals surface area (Å²) >= 11 is 0. The summed E-state index contributed by atoms with van der Waals surface area (Å²) < 4.78 is 0. The molecule has 5 heteroatoms. The second-order valence-corrected chi connectivity index (χ2v) is 5.96. The number of hydrogen-bond acceptors (Lipinski definition) is 5. The predicted octanol–water partition coefficient (Wildman–Crippen LogP) is 2.82. The highest BCUT2D eigenvalue weighted by atomic mass is 15.1. The highest BCUT2D eigenvalue weighted by Crippen LogP contribution is 2.23. The van der Waals surface area contributed by atoms with E-state index in [-0.39, 0.29) is 0 Å². The average Bonchev–Trinajstić information content (AvgIpc) is 2.57. The van der Waals surface area contributed by atoms with Crippen LogP contribution in [-0.2, 0) is 0 Å². The third-order valence-corrected chi connectivity index (χ3v) is 4.28. The van der Waals surface area contributed by atoms with Gasteiger partial charge in [-0.1, -0.05) is 0 Å². The van der Waals surface area contributed by atoms with Crippen molar-refractivity contribution in [2.24, 2.45) is 5.92 Å². The second kappa shape index (κ2) is 6.73. The third kappa shape index (κ3) is 3.53. The number of hydrogen-bond donors (Lipinski definition) is 1. The van der Waals surface area contributed by atoms with Crippen LogP contribution in [-0.4, -0.2) is 34.6 Å². The first kappa shape index (κ1) is 14.8. The van der Waals surface area contributed by atoms with E-state index < -0.39 is 0 Å². The molecule has 0 aromatic carbocycles. The van der Waals surface area contributed by atoms with Gasteiger partial charge in [0.1, 0.15) is 5.82 Å². The molecular formula is C17H23N5. The Morgan fingerprint density at radius 1 is 1.18 bits per heavy atom. The zero-order valence-electron chi connectivity index (χ0n) is 13.3. The molecule has 3 rings (SSSR count). The Bertz CT molecular complexity index is 606. The molecule has 2 aromatic rings. The zero-order chi connectivity index (χ0) is 15.4. The van der Waals surface area contributed by atoms with Crippen molar-refractivity contribution in [1.82, 2.24) is 15.0 Å². The summed E-state index contributed by atoms with van der Waals surface area (Å²) in [5.41, 5.74) is 3.21. The van der Waals surface area contributed by atoms with Gasteiger partial charge in [-0.15, -0.1) is 0 Å². The fourth-order valence-electron chi connectivity index (χ4n) is 2.90. The van der Waals surface area contributed by atoms with Crippen LogP contribution in [0.5, 0.6) is 0 Å². The van der Waals surface area contributed by atoms with E-state index in [0.29, 0.717) is 5.92 Å². The number of pyridine rings is 1. The lowest BCUT2D eigenvalue weighted by atomic mass is 9.96. The van der Waals surface area contributed by atoms with Gasteiger partial charge in [0.15, 0.2) is 0 Å². The number of aryl methyl sites for hydroxylation is 2. The van der Waals surface area contributed by atoms with E-state index in [2.05, 4.69) is 37.3 Å². The van der Waals surface area contributed by atoms with E-state index in [9.17, 15) is 0 Å². The van der Waals surface area contributed by atoms with Crippen LogP contribution in [0.2, 0.25) is 0 Å². The molecule has 0 saturated carbocycles. The predicted molar refractivity (Wildman–Crippen MR) is 89.2 cm³/mol. The Hall–Kier alpha value is -2.17. The number of anilines is 2. The van der Waals surface area contributed by atoms with Gasteiger partial charge in [0.05, 0.1) is 11.4 Å². The zero-order valence-corrected chi connectivity index (χ0v) is 13.3. The quantitative estimate of drug-likeness (QED) is 0.940. The smallest absolute Gasteiger partial charge is 0.147 e. The minimum Gasteiger partial charge on any atom is -0.371 e. The Morgan fingerprint density at radius 2 is 1.91 bits per heavy atom. The largest absolute Gasteiger partial charge is 0.371 e. The SMILES string of the molecule is Cc1cnc(C)c(NCC2CCN(c3ccncc3)CC2)n1. The maximum absolute atomic E-state index is 4.53. The number of rotatable bonds is 4. The minimum absolute atomic E-state index is 0.694. The summed E-state index contributed by atoms with van der Waals surface area (Å²) in [4.78, 5) is 15.4. The van der Waals surface area contributed by atoms with Crippen molar-refractivity contribution in [2.45, 2.75) is 26.7 Å². The van der Waals surface area contributed by atoms with E-state index in [1.54, 1.807) is 0 Å². The van der Waals surface area contributed by atoms with Crippen molar-refractivity contribution in [3.05, 3.63) is 42.1 Å². The van der Waals surface area contributed by atoms with Gasteiger partial charge in [-0.2, -0.15) is 0 Å². The van der Waals surface area contributed by atoms with Gasteiger partial charge in [-0.05, 0) is 44.7 Å². The standard InChI is InChI=1S/C17H23N5/c1-13-11-19-14(2)17(21-13)20-12-15-5-9-22(10-6-15)16-3-7-18-8-4-16/h3-4,7-8,11,15H,5-6,9-10,12H2,1-2H3,(H,20,21). The van der Waals surface area contributed by atoms with Crippen molar-refractivity contribution in [3.8, 4) is 0 Å². The van der Waals surface area contributed by atoms with Crippen LogP contribution >= 0.6 is 0 Å². The van der Waals surface area contributed by atoms with Gasteiger partial charge in [0, 0.05) is 43.9 Å². The fourth-order valence-corrected chi connectivity index (χ4v) is 2.90. The minimum atomic E-state index is 0.694. The number of aromatic nitrogens is 3. The Labute approximate surface area is 131 Å². The summed E-state index contributed by atoms with van der Waals surface area (Å²) in [6, 6.07) is 4.18. The van der Waals surface area contributed by atoms with Crippen LogP contribution in [0.1, 0.15) is 24.2 Å². The van der Waals surface area contributed by atoms with Crippen LogP contribution < -0.4 is 10.2 Å². The highest BCUT2D eigenvalue weighted by molar-refractivity contribution is 5.45. The van der Waals surface area contributed by atoms with Crippen LogP contribution in [0.3, 0.4) is 0 Å². The first-order valence-electron chi connectivity index (χ1n) is 7.91. The van der Waals surface area contributed by atoms with E-state index in [4.69, 9.17) is 0 Å². The molecule has 0 spiro atoms. The molecule has 0 atom stereocenters. The molecule has 116 valence electrons. The van der Waals surface area contributed by atoms with Gasteiger partial charge in [-0.25, -0.2) is 4.98 Å². The molecule has 1 aliphatic heterocycles. The average molecular weight is 297 g/mol. The fraction of sp³-hybridized carbons (Fsp3) is 0.471. The molecule has 0 radical (unpaired) electrons. The molecule has 1 fully saturated rings. The molecular weight excluding hydrogens is 274 g/mol. The molecule has 0 aliphatic carbocycles. The summed E-state index contributed by atoms with van der Waals surface area (Å²) in [5.74, 6) is 1.62. The lowest BCUT2D eigenvalue weighted by molar-refractivity contribution is 0.423. The van der Waals surface area contributed by atoms with Gasteiger partial charge in [0.25, 0.3) is 0 Å². The summed E-state index contributed by atoms with van der Waals surface area (Å²) in [6.07, 6.45) is 7.94. The van der Waals surface area contributed by atoms with Crippen molar-refractivity contribution >= 4 is 11.5 Å². The first-order chi connectivity index (χ1) is 10.7. The van der Waals surface area contributed by atoms with Gasteiger partial charge in [0.2, 0.25) is 0 Å². The first-order valence-corrected chi connectivity index (χ1v) is 7.91. The number of nitrogens with zero attached hydrogens (tertiary/aromatic N) is 4. The molecule has 0 unspecified atom stereocenters. The highest BCUT2D eigenvalue weighted by Gasteiger charge is 2.19. The second-order valence-electron chi connectivity index (χ2n) is 5.96. The normalized spacial score (nSPS) is 15.8. The van der Waals surface area contributed by atoms with Crippen molar-refractivity contribution in [3.63, 3.8) is 0 Å². The van der Waals surface area contributed by atoms with Crippen LogP contribution in [0.15, 0.2) is 30.7 Å². The molecule has 3 heterocycles. The molecule has 0 bridgehead atoms. The van der Waals surface area contributed by atoms with Crippen molar-refractivity contribution < 1.29 is 0 Å². The maximum atomic E-state index is 4.53. The van der Waals surface area contributed by atoms with Gasteiger partial charge >= 0.3 is 0 Å². The topological polar surface area (TPSA) is 53.9 Å². The van der Waals surface area contributed by atoms with E-state index >= 15 is 0 Å². The lowest BCUT2D eigenvalue weighted by Gasteiger charge is -2.33. The Morgan fingerprint density at radius 3 is 2.64 bits per heavy atom. The van der Waals surface area contributed by atoms with Gasteiger partial charge in [-0.3, -0.25) is 9.97 Å². The molecule has 1 saturated heterocycles. The lowest BCUT2D eigenvalue weighted by Crippen LogP contribution is -2.35. The Balaban J connectivity index is 1.51. The Kier molecular flexibility index (Phi) is 4.51. The van der Waals surface area contributed by atoms with Gasteiger partial charge < -0.3 is 10.2 Å². The molecule has 5 nitrogen and oxygen atoms in total. The molecule has 0 amide bonds. The van der Waals surface area contributed by atoms with E-state index in [1.807, 2.05) is 32.4 Å². The van der Waals surface area contributed by atoms with Crippen LogP contribution in [0.4, 0.5) is 11.5 Å². The molecule has 22 heavy (non-hydrogen) atoms. The van der Waals surface area contributed by atoms with E-state index in [0.717, 1.165) is 36.8 Å². The van der Waals surface area contributed by atoms with Crippen molar-refractivity contribution in [2.75, 3.05) is 29.9 Å². The molecule has 2 aromatic heterocycles. The number of nitrogens with one attached hydrogen (secondary N) is 1. The maximum Gasteiger partial charge on any atom is 0.147 e. The molecule has 1 aliphatic rings. The van der Waals surface area contributed by atoms with Crippen LogP contribution in [0.25, 0.3) is 0 Å². The third-order valence-electron chi connectivity index (χ3n) is 4.28.